The molecule has 170 valence electrons. The largest absolute Gasteiger partial charge is 0.494 e. The van der Waals surface area contributed by atoms with E-state index in [1.165, 1.54) is 4.90 Å². The fourth-order valence-corrected chi connectivity index (χ4v) is 3.19. The fourth-order valence-electron chi connectivity index (χ4n) is 3.19. The van der Waals surface area contributed by atoms with Crippen LogP contribution in [0.1, 0.15) is 52.4 Å². The van der Waals surface area contributed by atoms with Crippen LogP contribution in [0.2, 0.25) is 0 Å². The highest BCUT2D eigenvalue weighted by molar-refractivity contribution is 6.00. The van der Waals surface area contributed by atoms with E-state index in [4.69, 9.17) is 19.5 Å². The molecule has 0 atom stereocenters. The van der Waals surface area contributed by atoms with Gasteiger partial charge in [-0.1, -0.05) is 0 Å². The second kappa shape index (κ2) is 11.6. The molecule has 0 aliphatic heterocycles. The number of nitrogens with one attached hydrogen (secondary N) is 1. The maximum atomic E-state index is 12.8. The Kier molecular flexibility index (Phi) is 8.83. The van der Waals surface area contributed by atoms with Gasteiger partial charge in [-0.2, -0.15) is 5.26 Å². The first-order valence-corrected chi connectivity index (χ1v) is 10.3. The van der Waals surface area contributed by atoms with E-state index in [-0.39, 0.29) is 30.8 Å². The molecule has 0 bridgehead atoms. The number of nitriles is 1. The Morgan fingerprint density at radius 3 is 2.31 bits per heavy atom. The number of carbonyl (C=O) groups is 3. The van der Waals surface area contributed by atoms with E-state index < -0.39 is 24.5 Å². The van der Waals surface area contributed by atoms with Crippen molar-refractivity contribution < 1.29 is 28.6 Å². The average molecular weight is 441 g/mol. The number of esters is 2. The average Bonchev–Trinajstić information content (AvgIpc) is 3.07. The number of rotatable bonds is 10. The Balaban J connectivity index is 2.13. The quantitative estimate of drug-likeness (QED) is 0.561. The minimum Gasteiger partial charge on any atom is -0.494 e. The van der Waals surface area contributed by atoms with E-state index in [0.29, 0.717) is 29.3 Å². The van der Waals surface area contributed by atoms with Gasteiger partial charge in [-0.05, 0) is 57.5 Å². The molecule has 2 aromatic rings. The first-order valence-electron chi connectivity index (χ1n) is 10.3. The maximum absolute atomic E-state index is 12.8. The van der Waals surface area contributed by atoms with Crippen molar-refractivity contribution in [2.75, 3.05) is 31.3 Å². The van der Waals surface area contributed by atoms with Crippen LogP contribution in [-0.4, -0.2) is 49.2 Å². The second-order valence-corrected chi connectivity index (χ2v) is 6.80. The molecular weight excluding hydrogens is 414 g/mol. The number of nitrogens with zero attached hydrogens (tertiary/aromatic N) is 2. The van der Waals surface area contributed by atoms with Gasteiger partial charge in [0.1, 0.15) is 11.4 Å². The van der Waals surface area contributed by atoms with Crippen LogP contribution in [0.25, 0.3) is 0 Å². The Morgan fingerprint density at radius 1 is 1.03 bits per heavy atom. The molecule has 1 heterocycles. The summed E-state index contributed by atoms with van der Waals surface area (Å²) in [6.07, 6.45) is 0.117. The van der Waals surface area contributed by atoms with Crippen molar-refractivity contribution in [2.45, 2.75) is 34.1 Å². The maximum Gasteiger partial charge on any atom is 0.355 e. The van der Waals surface area contributed by atoms with Crippen LogP contribution >= 0.6 is 0 Å². The lowest BCUT2D eigenvalue weighted by Crippen LogP contribution is -2.35. The number of benzene rings is 1. The number of anilines is 1. The van der Waals surface area contributed by atoms with Gasteiger partial charge < -0.3 is 24.1 Å². The van der Waals surface area contributed by atoms with Crippen LogP contribution in [0.15, 0.2) is 24.3 Å². The molecule has 0 unspecified atom stereocenters. The molecule has 1 N–H and O–H groups in total. The van der Waals surface area contributed by atoms with E-state index in [9.17, 15) is 14.4 Å². The molecule has 0 spiro atoms. The van der Waals surface area contributed by atoms with Crippen molar-refractivity contribution in [1.82, 2.24) is 4.98 Å². The molecule has 9 nitrogen and oxygen atoms in total. The number of aromatic nitrogens is 1. The molecule has 0 aliphatic carbocycles. The summed E-state index contributed by atoms with van der Waals surface area (Å²) in [5.74, 6) is -1.12. The Morgan fingerprint density at radius 2 is 1.72 bits per heavy atom. The summed E-state index contributed by atoms with van der Waals surface area (Å²) in [6.45, 7) is 7.14. The van der Waals surface area contributed by atoms with E-state index >= 15 is 0 Å². The normalized spacial score (nSPS) is 10.2. The summed E-state index contributed by atoms with van der Waals surface area (Å²) in [7, 11) is 0. The Labute approximate surface area is 186 Å². The molecule has 9 heteroatoms. The van der Waals surface area contributed by atoms with Crippen LogP contribution in [-0.2, 0) is 14.3 Å². The highest BCUT2D eigenvalue weighted by Gasteiger charge is 2.25. The molecule has 0 saturated carbocycles. The van der Waals surface area contributed by atoms with Gasteiger partial charge in [-0.3, -0.25) is 4.79 Å². The van der Waals surface area contributed by atoms with Gasteiger partial charge in [0.25, 0.3) is 5.91 Å². The van der Waals surface area contributed by atoms with E-state index in [1.807, 2.05) is 13.0 Å². The summed E-state index contributed by atoms with van der Waals surface area (Å²) < 4.78 is 15.6. The summed E-state index contributed by atoms with van der Waals surface area (Å²) in [5.41, 5.74) is 1.75. The number of hydrogen-bond acceptors (Lipinski definition) is 7. The van der Waals surface area contributed by atoms with Crippen LogP contribution in [0.4, 0.5) is 5.69 Å². The number of H-pyrrole nitrogens is 1. The van der Waals surface area contributed by atoms with E-state index in [1.54, 1.807) is 45.0 Å². The molecule has 0 aliphatic rings. The van der Waals surface area contributed by atoms with Crippen molar-refractivity contribution >= 4 is 23.5 Å². The highest BCUT2D eigenvalue weighted by atomic mass is 16.5. The third-order valence-electron chi connectivity index (χ3n) is 4.66. The van der Waals surface area contributed by atoms with Crippen molar-refractivity contribution in [3.8, 4) is 11.8 Å². The minimum atomic E-state index is -0.730. The molecule has 1 aromatic heterocycles. The third kappa shape index (κ3) is 5.88. The molecule has 1 amide bonds. The Hall–Kier alpha value is -3.80. The number of amides is 1. The number of carbonyl (C=O) groups excluding carboxylic acids is 3. The van der Waals surface area contributed by atoms with E-state index in [2.05, 4.69) is 4.98 Å². The number of aryl methyl sites for hydroxylation is 1. The SMILES string of the molecule is CCOC(=O)c1[nH]c(C)c(C(=O)OCC(=O)N(CCC#N)c2ccc(OCC)cc2)c1C. The minimum absolute atomic E-state index is 0.117. The molecule has 0 saturated heterocycles. The summed E-state index contributed by atoms with van der Waals surface area (Å²) in [6, 6.07) is 8.86. The van der Waals surface area contributed by atoms with Crippen LogP contribution in [0.3, 0.4) is 0 Å². The molecule has 0 radical (unpaired) electrons. The second-order valence-electron chi connectivity index (χ2n) is 6.80. The summed E-state index contributed by atoms with van der Waals surface area (Å²) in [4.78, 5) is 41.7. The fraction of sp³-hybridized carbons (Fsp3) is 0.391. The van der Waals surface area contributed by atoms with Crippen LogP contribution < -0.4 is 9.64 Å². The van der Waals surface area contributed by atoms with Gasteiger partial charge in [0.2, 0.25) is 0 Å². The lowest BCUT2D eigenvalue weighted by molar-refractivity contribution is -0.121. The van der Waals surface area contributed by atoms with Crippen LogP contribution in [0, 0.1) is 25.2 Å². The van der Waals surface area contributed by atoms with E-state index in [0.717, 1.165) is 0 Å². The zero-order chi connectivity index (χ0) is 23.7. The standard InChI is InChI=1S/C23H27N3O6/c1-5-30-18-10-8-17(9-11-18)26(13-7-12-24)19(27)14-32-22(28)20-15(3)21(25-16(20)4)23(29)31-6-2/h8-11,25H,5-7,13-14H2,1-4H3. The first kappa shape index (κ1) is 24.5. The molecule has 2 rings (SSSR count). The van der Waals surface area contributed by atoms with Gasteiger partial charge in [0, 0.05) is 17.9 Å². The lowest BCUT2D eigenvalue weighted by Gasteiger charge is -2.22. The predicted molar refractivity (Wildman–Crippen MR) is 117 cm³/mol. The predicted octanol–water partition coefficient (Wildman–Crippen LogP) is 3.31. The van der Waals surface area contributed by atoms with Crippen molar-refractivity contribution in [1.29, 1.82) is 5.26 Å². The molecule has 32 heavy (non-hydrogen) atoms. The number of ether oxygens (including phenoxy) is 3. The zero-order valence-electron chi connectivity index (χ0n) is 18.7. The molecule has 1 aromatic carbocycles. The Bertz CT molecular complexity index is 1000. The highest BCUT2D eigenvalue weighted by Crippen LogP contribution is 2.22. The van der Waals surface area contributed by atoms with Gasteiger partial charge >= 0.3 is 11.9 Å². The number of hydrogen-bond donors (Lipinski definition) is 1. The smallest absolute Gasteiger partial charge is 0.355 e. The summed E-state index contributed by atoms with van der Waals surface area (Å²) in [5, 5.41) is 8.94. The van der Waals surface area contributed by atoms with Gasteiger partial charge in [-0.15, -0.1) is 0 Å². The monoisotopic (exact) mass is 441 g/mol. The van der Waals surface area contributed by atoms with Gasteiger partial charge in [-0.25, -0.2) is 9.59 Å². The van der Waals surface area contributed by atoms with Gasteiger partial charge in [0.15, 0.2) is 6.61 Å². The lowest BCUT2D eigenvalue weighted by atomic mass is 10.1. The molecular formula is C23H27N3O6. The van der Waals surface area contributed by atoms with Crippen molar-refractivity contribution in [3.63, 3.8) is 0 Å². The third-order valence-corrected chi connectivity index (χ3v) is 4.66. The topological polar surface area (TPSA) is 122 Å². The van der Waals surface area contributed by atoms with Crippen molar-refractivity contribution in [3.05, 3.63) is 46.8 Å². The number of aromatic amines is 1. The zero-order valence-corrected chi connectivity index (χ0v) is 18.7. The first-order chi connectivity index (χ1) is 15.3. The molecule has 0 fully saturated rings. The van der Waals surface area contributed by atoms with Gasteiger partial charge in [0.05, 0.1) is 31.3 Å². The van der Waals surface area contributed by atoms with Crippen LogP contribution in [0.5, 0.6) is 5.75 Å². The van der Waals surface area contributed by atoms with Crippen molar-refractivity contribution in [2.24, 2.45) is 0 Å². The summed E-state index contributed by atoms with van der Waals surface area (Å²) >= 11 is 0.